The fourth-order valence-electron chi connectivity index (χ4n) is 2.65. The second-order valence-corrected chi connectivity index (χ2v) is 8.07. The van der Waals surface area contributed by atoms with Crippen LogP contribution in [0.15, 0.2) is 30.5 Å². The highest BCUT2D eigenvalue weighted by atomic mass is 16.5. The van der Waals surface area contributed by atoms with Gasteiger partial charge >= 0.3 is 0 Å². The number of amides is 1. The maximum absolute atomic E-state index is 11.0. The van der Waals surface area contributed by atoms with Crippen molar-refractivity contribution >= 4 is 11.6 Å². The number of aromatic nitrogens is 3. The fourth-order valence-corrected chi connectivity index (χ4v) is 2.65. The first kappa shape index (κ1) is 20.9. The molecule has 7 heteroatoms. The molecule has 3 N–H and O–H groups in total. The summed E-state index contributed by atoms with van der Waals surface area (Å²) in [6, 6.07) is 7.60. The maximum Gasteiger partial charge on any atom is 0.216 e. The predicted molar refractivity (Wildman–Crippen MR) is 107 cm³/mol. The van der Waals surface area contributed by atoms with Gasteiger partial charge in [0.2, 0.25) is 5.91 Å². The Kier molecular flexibility index (Phi) is 6.59. The predicted octanol–water partition coefficient (Wildman–Crippen LogP) is 2.97. The number of hydrogen-bond donors (Lipinski definition) is 2. The summed E-state index contributed by atoms with van der Waals surface area (Å²) in [5.74, 6) is -0.0185. The summed E-state index contributed by atoms with van der Waals surface area (Å²) in [6.07, 6.45) is 3.51. The number of hydrogen-bond acceptors (Lipinski definition) is 5. The summed E-state index contributed by atoms with van der Waals surface area (Å²) in [5, 5.41) is 11.4. The van der Waals surface area contributed by atoms with Gasteiger partial charge in [0, 0.05) is 31.3 Å². The Morgan fingerprint density at radius 1 is 1.19 bits per heavy atom. The van der Waals surface area contributed by atoms with E-state index in [0.29, 0.717) is 13.2 Å². The number of carbonyl (C=O) groups is 1. The minimum atomic E-state index is -0.296. The Hall–Kier alpha value is -2.41. The molecule has 1 aromatic carbocycles. The van der Waals surface area contributed by atoms with E-state index in [2.05, 4.69) is 29.5 Å². The van der Waals surface area contributed by atoms with Crippen molar-refractivity contribution in [3.8, 4) is 11.3 Å². The Balaban J connectivity index is 1.90. The lowest BCUT2D eigenvalue weighted by atomic mass is 10.0. The molecule has 0 unspecified atom stereocenters. The van der Waals surface area contributed by atoms with E-state index in [9.17, 15) is 4.79 Å². The molecule has 0 atom stereocenters. The van der Waals surface area contributed by atoms with Crippen molar-refractivity contribution in [1.29, 1.82) is 0 Å². The molecule has 0 saturated carbocycles. The van der Waals surface area contributed by atoms with E-state index in [1.807, 2.05) is 49.0 Å². The molecule has 0 aliphatic heterocycles. The van der Waals surface area contributed by atoms with Crippen molar-refractivity contribution in [1.82, 2.24) is 20.3 Å². The first-order valence-electron chi connectivity index (χ1n) is 9.26. The average Bonchev–Trinajstić information content (AvgIpc) is 3.05. The Labute approximate surface area is 161 Å². The molecule has 0 saturated heterocycles. The molecule has 1 aromatic heterocycles. The van der Waals surface area contributed by atoms with E-state index in [4.69, 9.17) is 10.5 Å². The molecule has 0 aliphatic rings. The van der Waals surface area contributed by atoms with Crippen LogP contribution in [0, 0.1) is 0 Å². The van der Waals surface area contributed by atoms with E-state index in [1.165, 1.54) is 6.92 Å². The number of nitrogens with one attached hydrogen (secondary N) is 1. The average molecular weight is 374 g/mol. The SMILES string of the molecule is CC(=O)NCCC(C)(C)OCCC(C)(C)n1cc(-c2ccc(N)cc2)nn1. The summed E-state index contributed by atoms with van der Waals surface area (Å²) >= 11 is 0. The Morgan fingerprint density at radius 3 is 2.48 bits per heavy atom. The van der Waals surface area contributed by atoms with Crippen molar-refractivity contribution in [3.05, 3.63) is 30.5 Å². The van der Waals surface area contributed by atoms with Crippen LogP contribution in [0.1, 0.15) is 47.5 Å². The summed E-state index contributed by atoms with van der Waals surface area (Å²) in [5.41, 5.74) is 7.75. The van der Waals surface area contributed by atoms with Crippen LogP contribution in [0.25, 0.3) is 11.3 Å². The lowest BCUT2D eigenvalue weighted by molar-refractivity contribution is -0.119. The second kappa shape index (κ2) is 8.52. The van der Waals surface area contributed by atoms with Crippen LogP contribution in [0.4, 0.5) is 5.69 Å². The van der Waals surface area contributed by atoms with Gasteiger partial charge in [0.25, 0.3) is 0 Å². The highest BCUT2D eigenvalue weighted by Crippen LogP contribution is 2.24. The van der Waals surface area contributed by atoms with Gasteiger partial charge in [-0.3, -0.25) is 4.79 Å². The molecule has 148 valence electrons. The largest absolute Gasteiger partial charge is 0.399 e. The minimum absolute atomic E-state index is 0.0185. The normalized spacial score (nSPS) is 12.2. The van der Waals surface area contributed by atoms with E-state index in [-0.39, 0.29) is 17.0 Å². The number of carbonyl (C=O) groups excluding carboxylic acids is 1. The first-order valence-corrected chi connectivity index (χ1v) is 9.26. The van der Waals surface area contributed by atoms with Gasteiger partial charge in [0.05, 0.1) is 17.3 Å². The van der Waals surface area contributed by atoms with Crippen molar-refractivity contribution in [2.24, 2.45) is 0 Å². The smallest absolute Gasteiger partial charge is 0.216 e. The zero-order chi connectivity index (χ0) is 20.1. The minimum Gasteiger partial charge on any atom is -0.399 e. The number of nitrogens with two attached hydrogens (primary N) is 1. The van der Waals surface area contributed by atoms with Crippen molar-refractivity contribution in [3.63, 3.8) is 0 Å². The van der Waals surface area contributed by atoms with Crippen LogP contribution in [0.5, 0.6) is 0 Å². The quantitative estimate of drug-likeness (QED) is 0.659. The van der Waals surface area contributed by atoms with Gasteiger partial charge in [0.1, 0.15) is 5.69 Å². The highest BCUT2D eigenvalue weighted by Gasteiger charge is 2.25. The number of benzene rings is 1. The summed E-state index contributed by atoms with van der Waals surface area (Å²) in [4.78, 5) is 11.0. The molecule has 0 aliphatic carbocycles. The summed E-state index contributed by atoms with van der Waals surface area (Å²) < 4.78 is 7.93. The number of ether oxygens (including phenoxy) is 1. The van der Waals surface area contributed by atoms with Gasteiger partial charge in [-0.1, -0.05) is 17.3 Å². The van der Waals surface area contributed by atoms with Crippen LogP contribution < -0.4 is 11.1 Å². The van der Waals surface area contributed by atoms with Gasteiger partial charge in [-0.05, 0) is 52.7 Å². The molecule has 2 rings (SSSR count). The molecule has 0 bridgehead atoms. The number of anilines is 1. The molecule has 1 amide bonds. The van der Waals surface area contributed by atoms with Crippen LogP contribution in [-0.2, 0) is 15.1 Å². The van der Waals surface area contributed by atoms with E-state index in [1.54, 1.807) is 0 Å². The third-order valence-corrected chi connectivity index (χ3v) is 4.63. The fraction of sp³-hybridized carbons (Fsp3) is 0.550. The molecule has 0 radical (unpaired) electrons. The third-order valence-electron chi connectivity index (χ3n) is 4.63. The number of rotatable bonds is 9. The summed E-state index contributed by atoms with van der Waals surface area (Å²) in [6.45, 7) is 11.0. The van der Waals surface area contributed by atoms with Crippen molar-refractivity contribution in [2.75, 3.05) is 18.9 Å². The van der Waals surface area contributed by atoms with E-state index >= 15 is 0 Å². The monoisotopic (exact) mass is 373 g/mol. The second-order valence-electron chi connectivity index (χ2n) is 8.07. The first-order chi connectivity index (χ1) is 12.6. The number of nitrogens with zero attached hydrogens (tertiary/aromatic N) is 3. The highest BCUT2D eigenvalue weighted by molar-refractivity contribution is 5.72. The standard InChI is InChI=1S/C20H31N5O2/c1-15(26)22-12-10-20(4,5)27-13-11-19(2,3)25-14-18(23-24-25)16-6-8-17(21)9-7-16/h6-9,14H,10-13,21H2,1-5H3,(H,22,26). The molecule has 1 heterocycles. The van der Waals surface area contributed by atoms with Crippen molar-refractivity contribution in [2.45, 2.75) is 58.6 Å². The maximum atomic E-state index is 11.0. The van der Waals surface area contributed by atoms with Crippen LogP contribution >= 0.6 is 0 Å². The van der Waals surface area contributed by atoms with Crippen LogP contribution in [0.2, 0.25) is 0 Å². The van der Waals surface area contributed by atoms with Crippen molar-refractivity contribution < 1.29 is 9.53 Å². The van der Waals surface area contributed by atoms with Crippen LogP contribution in [-0.4, -0.2) is 39.7 Å². The van der Waals surface area contributed by atoms with Gasteiger partial charge < -0.3 is 15.8 Å². The molecular weight excluding hydrogens is 342 g/mol. The van der Waals surface area contributed by atoms with E-state index < -0.39 is 0 Å². The topological polar surface area (TPSA) is 95.1 Å². The summed E-state index contributed by atoms with van der Waals surface area (Å²) in [7, 11) is 0. The molecule has 7 nitrogen and oxygen atoms in total. The van der Waals surface area contributed by atoms with Crippen LogP contribution in [0.3, 0.4) is 0 Å². The zero-order valence-electron chi connectivity index (χ0n) is 17.0. The third kappa shape index (κ3) is 6.36. The van der Waals surface area contributed by atoms with Gasteiger partial charge in [0.15, 0.2) is 0 Å². The molecule has 0 spiro atoms. The molecule has 0 fully saturated rings. The molecular formula is C20H31N5O2. The Bertz CT molecular complexity index is 750. The Morgan fingerprint density at radius 2 is 1.85 bits per heavy atom. The lowest BCUT2D eigenvalue weighted by Crippen LogP contribution is -2.34. The number of nitrogen functional groups attached to an aromatic ring is 1. The van der Waals surface area contributed by atoms with Gasteiger partial charge in [-0.25, -0.2) is 4.68 Å². The lowest BCUT2D eigenvalue weighted by Gasteiger charge is -2.29. The van der Waals surface area contributed by atoms with E-state index in [0.717, 1.165) is 29.8 Å². The zero-order valence-corrected chi connectivity index (χ0v) is 17.0. The van der Waals surface area contributed by atoms with Gasteiger partial charge in [-0.2, -0.15) is 0 Å². The van der Waals surface area contributed by atoms with Gasteiger partial charge in [-0.15, -0.1) is 5.10 Å². The molecule has 2 aromatic rings. The molecule has 27 heavy (non-hydrogen) atoms.